The molecule has 0 unspecified atom stereocenters. The number of carboxylic acids is 1. The third-order valence-corrected chi connectivity index (χ3v) is 7.91. The van der Waals surface area contributed by atoms with E-state index in [4.69, 9.17) is 9.90 Å². The Kier molecular flexibility index (Phi) is 8.73. The minimum atomic E-state index is -0.833. The van der Waals surface area contributed by atoms with Crippen LogP contribution in [0.15, 0.2) is 59.1 Å². The normalized spacial score (nSPS) is 14.3. The molecule has 8 heteroatoms. The van der Waals surface area contributed by atoms with Crippen LogP contribution in [0.4, 0.5) is 0 Å². The van der Waals surface area contributed by atoms with Crippen LogP contribution in [0.25, 0.3) is 21.8 Å². The molecule has 1 saturated carbocycles. The predicted molar refractivity (Wildman–Crippen MR) is 151 cm³/mol. The lowest BCUT2D eigenvalue weighted by Crippen LogP contribution is -2.20. The van der Waals surface area contributed by atoms with Crippen molar-refractivity contribution < 1.29 is 24.7 Å². The van der Waals surface area contributed by atoms with Crippen molar-refractivity contribution in [3.63, 3.8) is 0 Å². The lowest BCUT2D eigenvalue weighted by Gasteiger charge is -2.21. The van der Waals surface area contributed by atoms with Gasteiger partial charge in [-0.25, -0.2) is 0 Å². The van der Waals surface area contributed by atoms with Crippen LogP contribution in [0.2, 0.25) is 0 Å². The van der Waals surface area contributed by atoms with Gasteiger partial charge in [0.25, 0.3) is 5.97 Å². The van der Waals surface area contributed by atoms with Crippen molar-refractivity contribution in [2.24, 2.45) is 11.1 Å². The number of aliphatic carboxylic acids is 1. The molecule has 7 nitrogen and oxygen atoms in total. The summed E-state index contributed by atoms with van der Waals surface area (Å²) in [5, 5.41) is 24.2. The van der Waals surface area contributed by atoms with Crippen molar-refractivity contribution >= 4 is 56.4 Å². The minimum absolute atomic E-state index is 0.00344. The van der Waals surface area contributed by atoms with Gasteiger partial charge in [-0.15, -0.1) is 11.3 Å². The number of carbonyl (C=O) groups is 3. The molecule has 0 aliphatic heterocycles. The molecular formula is C30H32N2O5S. The summed E-state index contributed by atoms with van der Waals surface area (Å²) in [5.41, 5.74) is 3.43. The zero-order chi connectivity index (χ0) is 27.2. The Bertz CT molecular complexity index is 1490. The molecule has 2 aromatic heterocycles. The second-order valence-corrected chi connectivity index (χ2v) is 10.6. The molecule has 0 bridgehead atoms. The fourth-order valence-electron chi connectivity index (χ4n) is 5.29. The van der Waals surface area contributed by atoms with Crippen molar-refractivity contribution in [1.29, 1.82) is 0 Å². The summed E-state index contributed by atoms with van der Waals surface area (Å²) in [6.45, 7) is 3.94. The molecule has 2 N–H and O–H groups in total. The van der Waals surface area contributed by atoms with Crippen LogP contribution < -0.4 is 0 Å². The first kappa shape index (κ1) is 27.3. The van der Waals surface area contributed by atoms with Crippen LogP contribution in [0.3, 0.4) is 0 Å². The maximum Gasteiger partial charge on any atom is 0.300 e. The van der Waals surface area contributed by atoms with Gasteiger partial charge in [0.15, 0.2) is 0 Å². The minimum Gasteiger partial charge on any atom is -0.481 e. The van der Waals surface area contributed by atoms with Gasteiger partial charge in [0.2, 0.25) is 11.6 Å². The van der Waals surface area contributed by atoms with Gasteiger partial charge in [0, 0.05) is 46.4 Å². The summed E-state index contributed by atoms with van der Waals surface area (Å²) < 4.78 is 2.20. The Labute approximate surface area is 225 Å². The zero-order valence-electron chi connectivity index (χ0n) is 21.6. The van der Waals surface area contributed by atoms with Crippen LogP contribution in [-0.2, 0) is 11.3 Å². The smallest absolute Gasteiger partial charge is 0.300 e. The molecule has 5 rings (SSSR count). The number of nitrogens with zero attached hydrogens (tertiary/aromatic N) is 2. The lowest BCUT2D eigenvalue weighted by atomic mass is 9.84. The van der Waals surface area contributed by atoms with Gasteiger partial charge >= 0.3 is 0 Å². The second-order valence-electron chi connectivity index (χ2n) is 9.62. The number of ketones is 2. The van der Waals surface area contributed by atoms with E-state index >= 15 is 0 Å². The maximum absolute atomic E-state index is 13.3. The number of hydrogen-bond acceptors (Lipinski definition) is 6. The largest absolute Gasteiger partial charge is 0.481 e. The fraction of sp³-hybridized carbons (Fsp3) is 0.333. The van der Waals surface area contributed by atoms with Gasteiger partial charge in [-0.1, -0.05) is 43.3 Å². The Morgan fingerprint density at radius 1 is 0.974 bits per heavy atom. The van der Waals surface area contributed by atoms with E-state index in [1.807, 2.05) is 53.9 Å². The quantitative estimate of drug-likeness (QED) is 0.113. The van der Waals surface area contributed by atoms with Gasteiger partial charge in [0.1, 0.15) is 5.71 Å². The average Bonchev–Trinajstić information content (AvgIpc) is 3.57. The highest BCUT2D eigenvalue weighted by Crippen LogP contribution is 2.32. The number of carbonyl (C=O) groups excluding carboxylic acids is 2. The highest BCUT2D eigenvalue weighted by Gasteiger charge is 2.23. The third kappa shape index (κ3) is 5.86. The molecule has 2 aromatic carbocycles. The number of hydrogen-bond donors (Lipinski definition) is 2. The summed E-state index contributed by atoms with van der Waals surface area (Å²) >= 11 is 1.43. The third-order valence-electron chi connectivity index (χ3n) is 7.04. The monoisotopic (exact) mass is 532 g/mol. The lowest BCUT2D eigenvalue weighted by molar-refractivity contribution is -0.134. The molecule has 38 heavy (non-hydrogen) atoms. The summed E-state index contributed by atoms with van der Waals surface area (Å²) in [6.07, 6.45) is 6.26. The van der Waals surface area contributed by atoms with Crippen molar-refractivity contribution in [2.45, 2.75) is 58.9 Å². The van der Waals surface area contributed by atoms with Gasteiger partial charge in [0.05, 0.1) is 4.88 Å². The van der Waals surface area contributed by atoms with Crippen molar-refractivity contribution in [2.75, 3.05) is 0 Å². The highest BCUT2D eigenvalue weighted by molar-refractivity contribution is 7.12. The SMILES string of the molecule is CC(=O)O.CCn1c2ccc(C(=O)C(CC3CCCCC3)=NO)cc2c2cc(C(=O)c3cccs3)ccc21. The maximum atomic E-state index is 13.3. The fourth-order valence-corrected chi connectivity index (χ4v) is 5.97. The van der Waals surface area contributed by atoms with E-state index in [9.17, 15) is 14.8 Å². The molecule has 4 aromatic rings. The molecule has 0 spiro atoms. The summed E-state index contributed by atoms with van der Waals surface area (Å²) in [5.74, 6) is -0.651. The van der Waals surface area contributed by atoms with Gasteiger partial charge in [-0.05, 0) is 67.1 Å². The van der Waals surface area contributed by atoms with Gasteiger partial charge in [-0.2, -0.15) is 0 Å². The van der Waals surface area contributed by atoms with E-state index in [-0.39, 0.29) is 17.3 Å². The summed E-state index contributed by atoms with van der Waals surface area (Å²) in [7, 11) is 0. The first-order valence-corrected chi connectivity index (χ1v) is 13.8. The van der Waals surface area contributed by atoms with Crippen LogP contribution >= 0.6 is 11.3 Å². The molecule has 198 valence electrons. The van der Waals surface area contributed by atoms with E-state index < -0.39 is 5.97 Å². The molecule has 0 atom stereocenters. The standard InChI is InChI=1S/C28H28N2O3S.C2H4O2/c1-2-30-24-12-10-19(27(31)23(29-33)15-18-7-4-3-5-8-18)16-21(24)22-17-20(11-13-25(22)30)28(32)26-9-6-14-34-26;1-2(3)4/h6,9-14,16-18,33H,2-5,7-8,15H2,1H3;1H3,(H,3,4). The molecule has 0 amide bonds. The topological polar surface area (TPSA) is 109 Å². The number of rotatable bonds is 7. The molecular weight excluding hydrogens is 500 g/mol. The van der Waals surface area contributed by atoms with Crippen molar-refractivity contribution in [3.8, 4) is 0 Å². The Balaban J connectivity index is 0.000000786. The van der Waals surface area contributed by atoms with Crippen molar-refractivity contribution in [1.82, 2.24) is 4.57 Å². The summed E-state index contributed by atoms with van der Waals surface area (Å²) in [4.78, 5) is 36.0. The van der Waals surface area contributed by atoms with Gasteiger partial charge < -0.3 is 14.9 Å². The Hall–Kier alpha value is -3.78. The number of aromatic nitrogens is 1. The predicted octanol–water partition coefficient (Wildman–Crippen LogP) is 7.18. The number of carboxylic acid groups (broad SMARTS) is 1. The molecule has 0 radical (unpaired) electrons. The first-order chi connectivity index (χ1) is 18.3. The van der Waals surface area contributed by atoms with E-state index in [2.05, 4.69) is 16.6 Å². The van der Waals surface area contributed by atoms with E-state index in [1.54, 1.807) is 0 Å². The molecule has 0 saturated heterocycles. The number of benzene rings is 2. The molecule has 1 aliphatic rings. The number of thiophene rings is 1. The van der Waals surface area contributed by atoms with Gasteiger partial charge in [-0.3, -0.25) is 14.4 Å². The van der Waals surface area contributed by atoms with Crippen LogP contribution in [-0.4, -0.2) is 38.1 Å². The number of oxime groups is 1. The van der Waals surface area contributed by atoms with Crippen LogP contribution in [0.1, 0.15) is 78.0 Å². The Morgan fingerprint density at radius 3 is 2.13 bits per heavy atom. The first-order valence-electron chi connectivity index (χ1n) is 12.9. The highest BCUT2D eigenvalue weighted by atomic mass is 32.1. The van der Waals surface area contributed by atoms with Crippen LogP contribution in [0.5, 0.6) is 0 Å². The number of aryl methyl sites for hydroxylation is 1. The van der Waals surface area contributed by atoms with E-state index in [1.165, 1.54) is 30.6 Å². The number of Topliss-reactive ketones (excluding diaryl/α,β-unsaturated/α-hetero) is 1. The van der Waals surface area contributed by atoms with Crippen molar-refractivity contribution in [3.05, 3.63) is 69.9 Å². The summed E-state index contributed by atoms with van der Waals surface area (Å²) in [6, 6.07) is 15.2. The second kappa shape index (κ2) is 12.2. The molecule has 1 fully saturated rings. The van der Waals surface area contributed by atoms with E-state index in [0.717, 1.165) is 48.1 Å². The Morgan fingerprint density at radius 2 is 1.58 bits per heavy atom. The molecule has 2 heterocycles. The zero-order valence-corrected chi connectivity index (χ0v) is 22.5. The number of fused-ring (bicyclic) bond motifs is 3. The van der Waals surface area contributed by atoms with E-state index in [0.29, 0.717) is 28.3 Å². The van der Waals surface area contributed by atoms with Crippen LogP contribution in [0, 0.1) is 5.92 Å². The molecule has 1 aliphatic carbocycles. The average molecular weight is 533 g/mol.